The van der Waals surface area contributed by atoms with Gasteiger partial charge in [-0.2, -0.15) is 0 Å². The zero-order valence-electron chi connectivity index (χ0n) is 11.6. The number of nitrogens with zero attached hydrogens (tertiary/aromatic N) is 2. The molecule has 0 saturated carbocycles. The Hall–Kier alpha value is -2.34. The number of ether oxygens (including phenoxy) is 1. The minimum absolute atomic E-state index is 0.0932. The van der Waals surface area contributed by atoms with Crippen LogP contribution in [0, 0.1) is 0 Å². The van der Waals surface area contributed by atoms with E-state index in [-0.39, 0.29) is 12.5 Å². The quantitative estimate of drug-likeness (QED) is 0.829. The molecule has 0 fully saturated rings. The lowest BCUT2D eigenvalue weighted by Gasteiger charge is -2.07. The van der Waals surface area contributed by atoms with Crippen molar-refractivity contribution >= 4 is 11.6 Å². The molecule has 6 nitrogen and oxygen atoms in total. The van der Waals surface area contributed by atoms with Crippen LogP contribution >= 0.6 is 0 Å². The molecule has 0 aliphatic rings. The van der Waals surface area contributed by atoms with Crippen LogP contribution in [0.25, 0.3) is 0 Å². The minimum Gasteiger partial charge on any atom is -0.497 e. The lowest BCUT2D eigenvalue weighted by molar-refractivity contribution is -0.115. The molecular weight excluding hydrogens is 256 g/mol. The molecule has 1 amide bonds. The van der Waals surface area contributed by atoms with Crippen molar-refractivity contribution in [2.45, 2.75) is 6.54 Å². The Morgan fingerprint density at radius 3 is 2.70 bits per heavy atom. The maximum Gasteiger partial charge on any atom is 0.238 e. The molecule has 0 radical (unpaired) electrons. The van der Waals surface area contributed by atoms with Gasteiger partial charge in [-0.1, -0.05) is 0 Å². The molecule has 20 heavy (non-hydrogen) atoms. The highest BCUT2D eigenvalue weighted by molar-refractivity contribution is 5.92. The molecule has 0 saturated heterocycles. The highest BCUT2D eigenvalue weighted by Crippen LogP contribution is 2.14. The van der Waals surface area contributed by atoms with E-state index in [1.807, 2.05) is 17.8 Å². The van der Waals surface area contributed by atoms with Crippen LogP contribution in [0.3, 0.4) is 0 Å². The van der Waals surface area contributed by atoms with Gasteiger partial charge in [0.05, 0.1) is 20.2 Å². The van der Waals surface area contributed by atoms with Gasteiger partial charge in [-0.3, -0.25) is 4.79 Å². The molecule has 1 heterocycles. The van der Waals surface area contributed by atoms with Gasteiger partial charge in [0.2, 0.25) is 5.91 Å². The lowest BCUT2D eigenvalue weighted by Crippen LogP contribution is -2.28. The number of nitrogens with one attached hydrogen (secondary N) is 2. The van der Waals surface area contributed by atoms with Crippen molar-refractivity contribution in [3.8, 4) is 5.75 Å². The monoisotopic (exact) mass is 274 g/mol. The van der Waals surface area contributed by atoms with E-state index in [1.165, 1.54) is 0 Å². The Morgan fingerprint density at radius 2 is 2.10 bits per heavy atom. The van der Waals surface area contributed by atoms with E-state index >= 15 is 0 Å². The summed E-state index contributed by atoms with van der Waals surface area (Å²) in [5, 5.41) is 5.85. The third-order valence-corrected chi connectivity index (χ3v) is 2.86. The van der Waals surface area contributed by atoms with Gasteiger partial charge in [0.25, 0.3) is 0 Å². The number of amides is 1. The fourth-order valence-electron chi connectivity index (χ4n) is 1.73. The maximum absolute atomic E-state index is 11.7. The standard InChI is InChI=1S/C14H18N4O2/c1-18-8-7-16-13(18)9-15-10-14(19)17-11-3-5-12(20-2)6-4-11/h3-8,15H,9-10H2,1-2H3,(H,17,19). The number of hydrogen-bond donors (Lipinski definition) is 2. The molecule has 2 aromatic rings. The molecule has 0 atom stereocenters. The Balaban J connectivity index is 1.76. The summed E-state index contributed by atoms with van der Waals surface area (Å²) in [6.45, 7) is 0.790. The molecule has 1 aromatic heterocycles. The van der Waals surface area contributed by atoms with Crippen molar-refractivity contribution in [2.75, 3.05) is 19.0 Å². The first-order valence-electron chi connectivity index (χ1n) is 6.30. The highest BCUT2D eigenvalue weighted by Gasteiger charge is 2.04. The minimum atomic E-state index is -0.0932. The van der Waals surface area contributed by atoms with Gasteiger partial charge in [-0.05, 0) is 24.3 Å². The molecule has 0 aliphatic carbocycles. The average molecular weight is 274 g/mol. The largest absolute Gasteiger partial charge is 0.497 e. The number of aromatic nitrogens is 2. The summed E-state index contributed by atoms with van der Waals surface area (Å²) in [5.74, 6) is 1.56. The number of imidazole rings is 1. The summed E-state index contributed by atoms with van der Waals surface area (Å²) >= 11 is 0. The van der Waals surface area contributed by atoms with Crippen LogP contribution in [0.15, 0.2) is 36.7 Å². The highest BCUT2D eigenvalue weighted by atomic mass is 16.5. The first-order chi connectivity index (χ1) is 9.69. The summed E-state index contributed by atoms with van der Waals surface area (Å²) in [5.41, 5.74) is 0.745. The third kappa shape index (κ3) is 3.83. The topological polar surface area (TPSA) is 68.2 Å². The number of anilines is 1. The van der Waals surface area contributed by atoms with E-state index in [0.717, 1.165) is 17.3 Å². The third-order valence-electron chi connectivity index (χ3n) is 2.86. The van der Waals surface area contributed by atoms with E-state index in [1.54, 1.807) is 37.6 Å². The summed E-state index contributed by atoms with van der Waals surface area (Å²) < 4.78 is 6.97. The van der Waals surface area contributed by atoms with Crippen LogP contribution < -0.4 is 15.4 Å². The average Bonchev–Trinajstić information content (AvgIpc) is 2.85. The predicted molar refractivity (Wildman–Crippen MR) is 76.5 cm³/mol. The summed E-state index contributed by atoms with van der Waals surface area (Å²) in [6.07, 6.45) is 3.60. The van der Waals surface area contributed by atoms with Crippen LogP contribution in [-0.2, 0) is 18.4 Å². The summed E-state index contributed by atoms with van der Waals surface area (Å²) in [4.78, 5) is 15.9. The molecule has 6 heteroatoms. The second-order valence-electron chi connectivity index (χ2n) is 4.33. The number of carbonyl (C=O) groups excluding carboxylic acids is 1. The Labute approximate surface area is 117 Å². The molecule has 0 spiro atoms. The van der Waals surface area contributed by atoms with Crippen molar-refractivity contribution in [1.29, 1.82) is 0 Å². The van der Waals surface area contributed by atoms with Crippen LogP contribution in [0.1, 0.15) is 5.82 Å². The molecule has 2 N–H and O–H groups in total. The van der Waals surface area contributed by atoms with E-state index in [0.29, 0.717) is 6.54 Å². The number of methoxy groups -OCH3 is 1. The van der Waals surface area contributed by atoms with Gasteiger partial charge < -0.3 is 19.9 Å². The van der Waals surface area contributed by atoms with Gasteiger partial charge in [0.15, 0.2) is 0 Å². The number of aryl methyl sites for hydroxylation is 1. The Bertz CT molecular complexity index is 563. The van der Waals surface area contributed by atoms with Crippen molar-refractivity contribution in [3.05, 3.63) is 42.5 Å². The Kier molecular flexibility index (Phi) is 4.73. The molecule has 106 valence electrons. The Morgan fingerprint density at radius 1 is 1.35 bits per heavy atom. The zero-order chi connectivity index (χ0) is 14.4. The normalized spacial score (nSPS) is 10.3. The molecule has 1 aromatic carbocycles. The number of hydrogen-bond acceptors (Lipinski definition) is 4. The second kappa shape index (κ2) is 6.72. The summed E-state index contributed by atoms with van der Waals surface area (Å²) in [6, 6.07) is 7.21. The second-order valence-corrected chi connectivity index (χ2v) is 4.33. The molecule has 0 unspecified atom stereocenters. The molecular formula is C14H18N4O2. The number of benzene rings is 1. The lowest BCUT2D eigenvalue weighted by atomic mass is 10.3. The van der Waals surface area contributed by atoms with Crippen LogP contribution in [0.2, 0.25) is 0 Å². The first-order valence-corrected chi connectivity index (χ1v) is 6.30. The van der Waals surface area contributed by atoms with Gasteiger partial charge in [-0.25, -0.2) is 4.98 Å². The molecule has 0 aliphatic heterocycles. The van der Waals surface area contributed by atoms with Crippen molar-refractivity contribution < 1.29 is 9.53 Å². The maximum atomic E-state index is 11.7. The van der Waals surface area contributed by atoms with E-state index in [4.69, 9.17) is 4.74 Å². The number of rotatable bonds is 6. The molecule has 0 bridgehead atoms. The van der Waals surface area contributed by atoms with Gasteiger partial charge >= 0.3 is 0 Å². The van der Waals surface area contributed by atoms with Crippen molar-refractivity contribution in [3.63, 3.8) is 0 Å². The molecule has 2 rings (SSSR count). The van der Waals surface area contributed by atoms with Crippen LogP contribution in [-0.4, -0.2) is 29.1 Å². The fourth-order valence-corrected chi connectivity index (χ4v) is 1.73. The fraction of sp³-hybridized carbons (Fsp3) is 0.286. The zero-order valence-corrected chi connectivity index (χ0v) is 11.6. The van der Waals surface area contributed by atoms with Gasteiger partial charge in [0.1, 0.15) is 11.6 Å². The van der Waals surface area contributed by atoms with Crippen molar-refractivity contribution in [1.82, 2.24) is 14.9 Å². The number of carbonyl (C=O) groups is 1. The predicted octanol–water partition coefficient (Wildman–Crippen LogP) is 1.16. The summed E-state index contributed by atoms with van der Waals surface area (Å²) in [7, 11) is 3.52. The van der Waals surface area contributed by atoms with Gasteiger partial charge in [0, 0.05) is 25.1 Å². The van der Waals surface area contributed by atoms with Crippen molar-refractivity contribution in [2.24, 2.45) is 7.05 Å². The SMILES string of the molecule is COc1ccc(NC(=O)CNCc2nccn2C)cc1. The van der Waals surface area contributed by atoms with Crippen LogP contribution in [0.5, 0.6) is 5.75 Å². The van der Waals surface area contributed by atoms with Crippen LogP contribution in [0.4, 0.5) is 5.69 Å². The van der Waals surface area contributed by atoms with E-state index < -0.39 is 0 Å². The van der Waals surface area contributed by atoms with E-state index in [9.17, 15) is 4.79 Å². The smallest absolute Gasteiger partial charge is 0.238 e. The first kappa shape index (κ1) is 14.1. The van der Waals surface area contributed by atoms with E-state index in [2.05, 4.69) is 15.6 Å². The van der Waals surface area contributed by atoms with Gasteiger partial charge in [-0.15, -0.1) is 0 Å².